The molecule has 0 bridgehead atoms. The summed E-state index contributed by atoms with van der Waals surface area (Å²) in [6.45, 7) is 7.17. The van der Waals surface area contributed by atoms with Crippen LogP contribution in [-0.4, -0.2) is 137 Å². The average molecular weight is 1120 g/mol. The first kappa shape index (κ1) is 61.2. The maximum Gasteiger partial charge on any atom is 0.435 e. The van der Waals surface area contributed by atoms with E-state index in [0.29, 0.717) is 31.4 Å². The SMILES string of the molecule is CN(CCOc1ccc2c(c1)CC[C@@H]1[C@@H]2CC[C@]2(C)[C@@H](OCCCOC(C(F)(F)F)(C(F)(F)F)C(F)(F)F)CC[C@@H]12)CCC(C)(C)SSCCCCCCNC(=O)CCc1cn([C@H]2C[C@H](O)[C@@H](CO)O2)c(=O)[nH]c1=O. The molecule has 4 aliphatic rings. The number of halogens is 9. The third-order valence-electron chi connectivity index (χ3n) is 15.7. The van der Waals surface area contributed by atoms with Gasteiger partial charge >= 0.3 is 29.8 Å². The van der Waals surface area contributed by atoms with Crippen molar-refractivity contribution in [3.8, 4) is 5.75 Å². The highest BCUT2D eigenvalue weighted by Crippen LogP contribution is 2.62. The maximum absolute atomic E-state index is 13.3. The van der Waals surface area contributed by atoms with Crippen LogP contribution in [0, 0.1) is 17.3 Å². The molecule has 75 heavy (non-hydrogen) atoms. The molecular weight excluding hydrogens is 1050 g/mol. The van der Waals surface area contributed by atoms with Crippen molar-refractivity contribution in [3.63, 3.8) is 0 Å². The lowest BCUT2D eigenvalue weighted by Crippen LogP contribution is -2.67. The number of alkyl halides is 9. The number of aromatic nitrogens is 2. The molecule has 3 fully saturated rings. The van der Waals surface area contributed by atoms with E-state index in [0.717, 1.165) is 88.8 Å². The molecule has 2 aromatic rings. The summed E-state index contributed by atoms with van der Waals surface area (Å²) in [7, 11) is 5.86. The van der Waals surface area contributed by atoms with Crippen LogP contribution in [0.4, 0.5) is 39.5 Å². The molecule has 1 saturated heterocycles. The topological polar surface area (TPSA) is 165 Å². The molecule has 13 nitrogen and oxygen atoms in total. The van der Waals surface area contributed by atoms with Gasteiger partial charge in [-0.3, -0.25) is 19.1 Å². The monoisotopic (exact) mass is 1120 g/mol. The molecule has 1 aromatic heterocycles. The number of carbonyl (C=O) groups is 1. The Labute approximate surface area is 439 Å². The molecule has 1 aliphatic heterocycles. The highest BCUT2D eigenvalue weighted by atomic mass is 33.1. The van der Waals surface area contributed by atoms with Crippen molar-refractivity contribution < 1.29 is 73.5 Å². The van der Waals surface area contributed by atoms with Gasteiger partial charge in [-0.05, 0) is 144 Å². The molecule has 6 rings (SSSR count). The zero-order valence-electron chi connectivity index (χ0n) is 43.0. The van der Waals surface area contributed by atoms with Crippen molar-refractivity contribution in [2.75, 3.05) is 58.9 Å². The first-order chi connectivity index (χ1) is 35.2. The number of aromatic amines is 1. The van der Waals surface area contributed by atoms with Gasteiger partial charge in [0.25, 0.3) is 5.56 Å². The summed E-state index contributed by atoms with van der Waals surface area (Å²) in [5.41, 5.74) is -5.03. The van der Waals surface area contributed by atoms with Crippen molar-refractivity contribution >= 4 is 27.5 Å². The summed E-state index contributed by atoms with van der Waals surface area (Å²) in [6.07, 6.45) is -12.3. The third-order valence-corrected chi connectivity index (χ3v) is 19.1. The van der Waals surface area contributed by atoms with E-state index >= 15 is 0 Å². The fourth-order valence-corrected chi connectivity index (χ4v) is 14.1. The normalized spacial score (nSPS) is 25.3. The number of carbonyl (C=O) groups excluding carboxylic acids is 1. The van der Waals surface area contributed by atoms with Crippen LogP contribution >= 0.6 is 21.6 Å². The number of fused-ring (bicyclic) bond motifs is 5. The minimum absolute atomic E-state index is 0.0681. The molecule has 3 aliphatic carbocycles. The van der Waals surface area contributed by atoms with E-state index in [-0.39, 0.29) is 59.5 Å². The van der Waals surface area contributed by atoms with Gasteiger partial charge in [0.1, 0.15) is 24.7 Å². The molecule has 24 heteroatoms. The number of hydrogen-bond donors (Lipinski definition) is 4. The van der Waals surface area contributed by atoms with Crippen LogP contribution in [0.15, 0.2) is 34.0 Å². The van der Waals surface area contributed by atoms with Gasteiger partial charge in [-0.1, -0.05) is 47.4 Å². The molecule has 0 unspecified atom stereocenters. The van der Waals surface area contributed by atoms with E-state index in [1.807, 2.05) is 27.7 Å². The standard InChI is InChI=1S/C51H73F9N4O9S2/c1-46(2,75-74-27-8-6-5-7-21-61-42(67)17-11-33-30-64(45(69)62-44(33)68)43-29-39(66)40(31-65)73-43)20-22-63(4)23-26-70-34-12-14-35-32(28-34)10-13-37-36(35)18-19-47(3)38(37)15-16-41(47)71-24-9-25-72-48(49(52,53)54,50(55,56)57)51(58,59)60/h12,14,28,30,36-41,43,65-66H,5-11,13,15-27,29,31H2,1-4H3,(H,61,67)(H,62,68,69)/t36-,37-,38+,39+,40-,41+,43-,47+/m1/s1. The number of benzene rings is 1. The minimum atomic E-state index is -6.76. The lowest BCUT2D eigenvalue weighted by Gasteiger charge is -2.50. The molecule has 1 amide bonds. The van der Waals surface area contributed by atoms with Crippen LogP contribution in [0.2, 0.25) is 0 Å². The first-order valence-corrected chi connectivity index (χ1v) is 28.3. The quantitative estimate of drug-likeness (QED) is 0.0381. The Morgan fingerprint density at radius 3 is 2.36 bits per heavy atom. The number of nitrogens with zero attached hydrogens (tertiary/aromatic N) is 2. The molecule has 426 valence electrons. The summed E-state index contributed by atoms with van der Waals surface area (Å²) in [5, 5.41) is 22.3. The Hall–Kier alpha value is -3.00. The molecule has 2 heterocycles. The van der Waals surface area contributed by atoms with Gasteiger partial charge in [-0.15, -0.1) is 0 Å². The first-order valence-electron chi connectivity index (χ1n) is 26.0. The van der Waals surface area contributed by atoms with Crippen LogP contribution in [-0.2, 0) is 31.8 Å². The lowest BCUT2D eigenvalue weighted by molar-refractivity contribution is -0.457. The van der Waals surface area contributed by atoms with Crippen molar-refractivity contribution in [1.82, 2.24) is 19.8 Å². The lowest BCUT2D eigenvalue weighted by atomic mass is 9.55. The zero-order chi connectivity index (χ0) is 55.0. The number of aliphatic hydroxyl groups is 2. The Balaban J connectivity index is 0.813. The molecule has 4 N–H and O–H groups in total. The summed E-state index contributed by atoms with van der Waals surface area (Å²) < 4.78 is 142. The number of nitrogens with one attached hydrogen (secondary N) is 2. The van der Waals surface area contributed by atoms with Gasteiger partial charge < -0.3 is 39.4 Å². The zero-order valence-corrected chi connectivity index (χ0v) is 44.6. The van der Waals surface area contributed by atoms with Crippen LogP contribution in [0.1, 0.15) is 133 Å². The van der Waals surface area contributed by atoms with Gasteiger partial charge in [0, 0.05) is 54.8 Å². The highest BCUT2D eigenvalue weighted by molar-refractivity contribution is 8.77. The van der Waals surface area contributed by atoms with Gasteiger partial charge in [0.05, 0.1) is 25.4 Å². The van der Waals surface area contributed by atoms with Crippen molar-refractivity contribution in [1.29, 1.82) is 0 Å². The van der Waals surface area contributed by atoms with Gasteiger partial charge in [-0.25, -0.2) is 4.79 Å². The second-order valence-electron chi connectivity index (χ2n) is 21.4. The predicted molar refractivity (Wildman–Crippen MR) is 267 cm³/mol. The second kappa shape index (κ2) is 25.9. The highest BCUT2D eigenvalue weighted by Gasteiger charge is 2.85. The van der Waals surface area contributed by atoms with E-state index in [4.69, 9.17) is 14.2 Å². The number of hydrogen-bond acceptors (Lipinski definition) is 12. The van der Waals surface area contributed by atoms with Crippen LogP contribution in [0.5, 0.6) is 5.75 Å². The summed E-state index contributed by atoms with van der Waals surface area (Å²) in [6, 6.07) is 6.33. The van der Waals surface area contributed by atoms with Crippen molar-refractivity contribution in [3.05, 3.63) is 61.9 Å². The summed E-state index contributed by atoms with van der Waals surface area (Å²) >= 11 is 0. The number of likely N-dealkylation sites (N-methyl/N-ethyl adjacent to an activating group) is 1. The number of ether oxygens (including phenoxy) is 4. The molecular formula is C51H73F9N4O9S2. The number of amides is 1. The van der Waals surface area contributed by atoms with Crippen molar-refractivity contribution in [2.24, 2.45) is 17.3 Å². The number of unbranched alkanes of at least 4 members (excludes halogenated alkanes) is 3. The van der Waals surface area contributed by atoms with E-state index in [1.165, 1.54) is 21.9 Å². The third kappa shape index (κ3) is 15.0. The van der Waals surface area contributed by atoms with E-state index in [9.17, 15) is 64.1 Å². The van der Waals surface area contributed by atoms with E-state index in [2.05, 4.69) is 59.9 Å². The Bertz CT molecular complexity index is 2270. The van der Waals surface area contributed by atoms with E-state index in [1.54, 1.807) is 0 Å². The molecule has 0 radical (unpaired) electrons. The number of H-pyrrole nitrogens is 1. The Morgan fingerprint density at radius 2 is 1.67 bits per heavy atom. The number of aryl methyl sites for hydroxylation is 2. The number of aliphatic hydroxyl groups excluding tert-OH is 2. The molecule has 0 spiro atoms. The molecule has 1 aromatic carbocycles. The minimum Gasteiger partial charge on any atom is -0.492 e. The largest absolute Gasteiger partial charge is 0.492 e. The molecule has 8 atom stereocenters. The van der Waals surface area contributed by atoms with E-state index < -0.39 is 73.4 Å². The van der Waals surface area contributed by atoms with Crippen LogP contribution in [0.3, 0.4) is 0 Å². The van der Waals surface area contributed by atoms with Gasteiger partial charge in [0.2, 0.25) is 5.91 Å². The van der Waals surface area contributed by atoms with Gasteiger partial charge in [-0.2, -0.15) is 39.5 Å². The molecule has 2 saturated carbocycles. The predicted octanol–water partition coefficient (Wildman–Crippen LogP) is 9.42. The summed E-state index contributed by atoms with van der Waals surface area (Å²) in [5.74, 6) is 2.61. The number of rotatable bonds is 27. The van der Waals surface area contributed by atoms with Crippen LogP contribution < -0.4 is 21.3 Å². The summed E-state index contributed by atoms with van der Waals surface area (Å²) in [4.78, 5) is 41.7. The average Bonchev–Trinajstić information content (AvgIpc) is 3.87. The smallest absolute Gasteiger partial charge is 0.435 e. The fourth-order valence-electron chi connectivity index (χ4n) is 11.4. The van der Waals surface area contributed by atoms with Crippen LogP contribution in [0.25, 0.3) is 0 Å². The van der Waals surface area contributed by atoms with Gasteiger partial charge in [0.15, 0.2) is 0 Å². The fraction of sp³-hybridized carbons (Fsp3) is 0.784. The second-order valence-corrected chi connectivity index (χ2v) is 24.5. The Kier molecular flexibility index (Phi) is 21.1. The Morgan fingerprint density at radius 1 is 0.947 bits per heavy atom. The maximum atomic E-state index is 13.3. The van der Waals surface area contributed by atoms with Crippen molar-refractivity contribution in [2.45, 2.75) is 176 Å².